The van der Waals surface area contributed by atoms with Crippen LogP contribution in [0.1, 0.15) is 61.6 Å². The standard InChI is InChI=1S/C19H29NO/c1-15-12-17(13-16(2)18(15)21)14-20-10-8-19(9-11-20)6-4-3-5-7-19/h12-13,21H,3-11,14H2,1-2H3. The first kappa shape index (κ1) is 14.9. The molecular formula is C19H29NO. The van der Waals surface area contributed by atoms with Crippen LogP contribution >= 0.6 is 0 Å². The molecule has 1 heterocycles. The molecule has 2 nitrogen and oxygen atoms in total. The normalized spacial score (nSPS) is 22.6. The number of rotatable bonds is 2. The molecule has 1 saturated carbocycles. The van der Waals surface area contributed by atoms with Crippen molar-refractivity contribution in [2.45, 2.75) is 65.3 Å². The molecule has 1 aliphatic carbocycles. The van der Waals surface area contributed by atoms with Crippen molar-refractivity contribution in [3.8, 4) is 5.75 Å². The van der Waals surface area contributed by atoms with Gasteiger partial charge in [-0.15, -0.1) is 0 Å². The molecule has 0 bridgehead atoms. The van der Waals surface area contributed by atoms with Crippen molar-refractivity contribution >= 4 is 0 Å². The summed E-state index contributed by atoms with van der Waals surface area (Å²) < 4.78 is 0. The molecular weight excluding hydrogens is 258 g/mol. The number of piperidine rings is 1. The van der Waals surface area contributed by atoms with Gasteiger partial charge in [-0.1, -0.05) is 31.4 Å². The van der Waals surface area contributed by atoms with Crippen LogP contribution in [-0.4, -0.2) is 23.1 Å². The van der Waals surface area contributed by atoms with E-state index in [9.17, 15) is 5.11 Å². The van der Waals surface area contributed by atoms with E-state index < -0.39 is 0 Å². The highest BCUT2D eigenvalue weighted by Gasteiger charge is 2.35. The number of phenols is 1. The van der Waals surface area contributed by atoms with E-state index in [-0.39, 0.29) is 0 Å². The molecule has 3 rings (SSSR count). The summed E-state index contributed by atoms with van der Waals surface area (Å²) in [5.74, 6) is 0.457. The molecule has 1 saturated heterocycles. The summed E-state index contributed by atoms with van der Waals surface area (Å²) in [5.41, 5.74) is 4.05. The number of aryl methyl sites for hydroxylation is 2. The van der Waals surface area contributed by atoms with E-state index in [4.69, 9.17) is 0 Å². The summed E-state index contributed by atoms with van der Waals surface area (Å²) in [7, 11) is 0. The quantitative estimate of drug-likeness (QED) is 0.862. The zero-order valence-electron chi connectivity index (χ0n) is 13.6. The Morgan fingerprint density at radius 2 is 1.52 bits per heavy atom. The van der Waals surface area contributed by atoms with Gasteiger partial charge in [0, 0.05) is 6.54 Å². The maximum Gasteiger partial charge on any atom is 0.121 e. The fourth-order valence-electron chi connectivity index (χ4n) is 4.38. The predicted octanol–water partition coefficient (Wildman–Crippen LogP) is 4.56. The first-order valence-corrected chi connectivity index (χ1v) is 8.59. The smallest absolute Gasteiger partial charge is 0.121 e. The monoisotopic (exact) mass is 287 g/mol. The van der Waals surface area contributed by atoms with E-state index in [0.717, 1.165) is 17.7 Å². The van der Waals surface area contributed by atoms with Crippen LogP contribution in [0.3, 0.4) is 0 Å². The molecule has 1 aromatic carbocycles. The Hall–Kier alpha value is -1.02. The topological polar surface area (TPSA) is 23.5 Å². The van der Waals surface area contributed by atoms with Gasteiger partial charge in [0.15, 0.2) is 0 Å². The molecule has 0 atom stereocenters. The molecule has 0 aromatic heterocycles. The minimum absolute atomic E-state index is 0.457. The van der Waals surface area contributed by atoms with Crippen LogP contribution in [0.4, 0.5) is 0 Å². The lowest BCUT2D eigenvalue weighted by Crippen LogP contribution is -2.40. The average molecular weight is 287 g/mol. The minimum atomic E-state index is 0.457. The number of likely N-dealkylation sites (tertiary alicyclic amines) is 1. The molecule has 1 aromatic rings. The minimum Gasteiger partial charge on any atom is -0.507 e. The third kappa shape index (κ3) is 3.26. The molecule has 1 N–H and O–H groups in total. The van der Waals surface area contributed by atoms with Crippen LogP contribution in [-0.2, 0) is 6.54 Å². The third-order valence-electron chi connectivity index (χ3n) is 5.79. The molecule has 2 heteroatoms. The summed E-state index contributed by atoms with van der Waals surface area (Å²) in [4.78, 5) is 2.60. The number of phenolic OH excluding ortho intramolecular Hbond substituents is 1. The lowest BCUT2D eigenvalue weighted by molar-refractivity contribution is 0.0641. The Morgan fingerprint density at radius 1 is 0.952 bits per heavy atom. The number of aromatic hydroxyl groups is 1. The highest BCUT2D eigenvalue weighted by Crippen LogP contribution is 2.44. The van der Waals surface area contributed by atoms with E-state index in [2.05, 4.69) is 17.0 Å². The lowest BCUT2D eigenvalue weighted by Gasteiger charge is -2.44. The van der Waals surface area contributed by atoms with E-state index >= 15 is 0 Å². The Balaban J connectivity index is 1.60. The van der Waals surface area contributed by atoms with Crippen molar-refractivity contribution in [2.24, 2.45) is 5.41 Å². The third-order valence-corrected chi connectivity index (χ3v) is 5.79. The molecule has 1 aliphatic heterocycles. The Bertz CT molecular complexity index is 469. The van der Waals surface area contributed by atoms with E-state index in [1.807, 2.05) is 13.8 Å². The highest BCUT2D eigenvalue weighted by molar-refractivity contribution is 5.42. The molecule has 0 radical (unpaired) electrons. The number of hydrogen-bond acceptors (Lipinski definition) is 2. The van der Waals surface area contributed by atoms with Gasteiger partial charge in [0.25, 0.3) is 0 Å². The summed E-state index contributed by atoms with van der Waals surface area (Å²) in [6.45, 7) is 7.54. The Morgan fingerprint density at radius 3 is 2.10 bits per heavy atom. The van der Waals surface area contributed by atoms with Gasteiger partial charge in [0.1, 0.15) is 5.75 Å². The van der Waals surface area contributed by atoms with Crippen molar-refractivity contribution in [1.29, 1.82) is 0 Å². The van der Waals surface area contributed by atoms with Gasteiger partial charge >= 0.3 is 0 Å². The van der Waals surface area contributed by atoms with Gasteiger partial charge in [0.05, 0.1) is 0 Å². The summed E-state index contributed by atoms with van der Waals surface area (Å²) >= 11 is 0. The molecule has 1 spiro atoms. The second kappa shape index (κ2) is 6.00. The molecule has 116 valence electrons. The van der Waals surface area contributed by atoms with E-state index in [1.165, 1.54) is 63.6 Å². The van der Waals surface area contributed by atoms with Crippen molar-refractivity contribution in [2.75, 3.05) is 13.1 Å². The average Bonchev–Trinajstić information content (AvgIpc) is 2.48. The van der Waals surface area contributed by atoms with Crippen molar-refractivity contribution in [3.63, 3.8) is 0 Å². The molecule has 0 amide bonds. The van der Waals surface area contributed by atoms with Gasteiger partial charge in [-0.25, -0.2) is 0 Å². The lowest BCUT2D eigenvalue weighted by atomic mass is 9.68. The van der Waals surface area contributed by atoms with Crippen LogP contribution in [0.25, 0.3) is 0 Å². The summed E-state index contributed by atoms with van der Waals surface area (Å²) in [6.07, 6.45) is 10.1. The van der Waals surface area contributed by atoms with Crippen LogP contribution in [0.5, 0.6) is 5.75 Å². The van der Waals surface area contributed by atoms with Gasteiger partial charge in [-0.05, 0) is 74.7 Å². The number of benzene rings is 1. The largest absolute Gasteiger partial charge is 0.507 e. The Labute approximate surface area is 129 Å². The van der Waals surface area contributed by atoms with Gasteiger partial charge in [0.2, 0.25) is 0 Å². The van der Waals surface area contributed by atoms with Crippen LogP contribution < -0.4 is 0 Å². The number of nitrogens with zero attached hydrogens (tertiary/aromatic N) is 1. The van der Waals surface area contributed by atoms with E-state index in [1.54, 1.807) is 0 Å². The van der Waals surface area contributed by atoms with Crippen molar-refractivity contribution < 1.29 is 5.11 Å². The van der Waals surface area contributed by atoms with Crippen LogP contribution in [0, 0.1) is 19.3 Å². The van der Waals surface area contributed by atoms with Crippen LogP contribution in [0.2, 0.25) is 0 Å². The van der Waals surface area contributed by atoms with Crippen molar-refractivity contribution in [1.82, 2.24) is 4.90 Å². The second-order valence-electron chi connectivity index (χ2n) is 7.42. The van der Waals surface area contributed by atoms with Gasteiger partial charge in [-0.2, -0.15) is 0 Å². The first-order chi connectivity index (χ1) is 10.1. The maximum atomic E-state index is 9.89. The maximum absolute atomic E-state index is 9.89. The zero-order valence-corrected chi connectivity index (χ0v) is 13.6. The highest BCUT2D eigenvalue weighted by atomic mass is 16.3. The summed E-state index contributed by atoms with van der Waals surface area (Å²) in [5, 5.41) is 9.89. The molecule has 2 aliphatic rings. The number of hydrogen-bond donors (Lipinski definition) is 1. The zero-order chi connectivity index (χ0) is 14.9. The fraction of sp³-hybridized carbons (Fsp3) is 0.684. The predicted molar refractivity (Wildman–Crippen MR) is 87.6 cm³/mol. The van der Waals surface area contributed by atoms with Gasteiger partial charge < -0.3 is 5.11 Å². The first-order valence-electron chi connectivity index (χ1n) is 8.59. The second-order valence-corrected chi connectivity index (χ2v) is 7.42. The molecule has 2 fully saturated rings. The summed E-state index contributed by atoms with van der Waals surface area (Å²) in [6, 6.07) is 4.29. The SMILES string of the molecule is Cc1cc(CN2CCC3(CCCCC3)CC2)cc(C)c1O. The Kier molecular flexibility index (Phi) is 4.26. The van der Waals surface area contributed by atoms with Crippen LogP contribution in [0.15, 0.2) is 12.1 Å². The van der Waals surface area contributed by atoms with Crippen molar-refractivity contribution in [3.05, 3.63) is 28.8 Å². The van der Waals surface area contributed by atoms with Gasteiger partial charge in [-0.3, -0.25) is 4.90 Å². The fourth-order valence-corrected chi connectivity index (χ4v) is 4.38. The molecule has 0 unspecified atom stereocenters. The molecule has 21 heavy (non-hydrogen) atoms. The van der Waals surface area contributed by atoms with E-state index in [0.29, 0.717) is 11.2 Å².